The van der Waals surface area contributed by atoms with Gasteiger partial charge in [-0.2, -0.15) is 5.10 Å². The Kier molecular flexibility index (Phi) is 5.62. The zero-order valence-corrected chi connectivity index (χ0v) is 16.3. The second kappa shape index (κ2) is 7.95. The molecule has 9 heteroatoms. The number of likely N-dealkylation sites (N-methyl/N-ethyl adjacent to an activating group) is 1. The number of likely N-dealkylation sites (tertiary alicyclic amines) is 1. The smallest absolute Gasteiger partial charge is 0.306 e. The summed E-state index contributed by atoms with van der Waals surface area (Å²) in [5.74, 6) is -1.68. The standard InChI is InChI=1S/C19H25N5O4/c1-12(2)24-17-14(10-21-24)8-15(9-20-17)18(26)22(3)11-16(25)23-6-4-13(5-7-23)19(27)28/h8-10,12-13H,4-7,11H2,1-3H3,(H,27,28). The first-order valence-electron chi connectivity index (χ1n) is 9.37. The maximum Gasteiger partial charge on any atom is 0.306 e. The molecule has 2 aromatic rings. The van der Waals surface area contributed by atoms with Crippen molar-refractivity contribution >= 4 is 28.8 Å². The van der Waals surface area contributed by atoms with Crippen molar-refractivity contribution in [2.24, 2.45) is 5.92 Å². The normalized spacial score (nSPS) is 15.2. The van der Waals surface area contributed by atoms with Crippen LogP contribution in [0.5, 0.6) is 0 Å². The third kappa shape index (κ3) is 3.97. The molecule has 1 fully saturated rings. The molecule has 1 saturated heterocycles. The van der Waals surface area contributed by atoms with E-state index in [1.807, 2.05) is 13.8 Å². The topological polar surface area (TPSA) is 109 Å². The summed E-state index contributed by atoms with van der Waals surface area (Å²) in [6.45, 7) is 4.76. The van der Waals surface area contributed by atoms with Crippen LogP contribution in [0.25, 0.3) is 11.0 Å². The molecule has 3 heterocycles. The fraction of sp³-hybridized carbons (Fsp3) is 0.526. The number of nitrogens with zero attached hydrogens (tertiary/aromatic N) is 5. The number of carboxylic acid groups (broad SMARTS) is 1. The van der Waals surface area contributed by atoms with Gasteiger partial charge >= 0.3 is 5.97 Å². The number of carbonyl (C=O) groups excluding carboxylic acids is 2. The number of fused-ring (bicyclic) bond motifs is 1. The molecule has 1 aliphatic heterocycles. The van der Waals surface area contributed by atoms with Crippen LogP contribution in [0.4, 0.5) is 0 Å². The summed E-state index contributed by atoms with van der Waals surface area (Å²) in [7, 11) is 1.58. The third-order valence-corrected chi connectivity index (χ3v) is 5.09. The largest absolute Gasteiger partial charge is 0.481 e. The lowest BCUT2D eigenvalue weighted by Gasteiger charge is -2.31. The lowest BCUT2D eigenvalue weighted by Crippen LogP contribution is -2.45. The van der Waals surface area contributed by atoms with E-state index in [9.17, 15) is 14.4 Å². The molecule has 0 aliphatic carbocycles. The lowest BCUT2D eigenvalue weighted by molar-refractivity contribution is -0.145. The Balaban J connectivity index is 1.63. The maximum absolute atomic E-state index is 12.7. The minimum absolute atomic E-state index is 0.0557. The van der Waals surface area contributed by atoms with Gasteiger partial charge < -0.3 is 14.9 Å². The summed E-state index contributed by atoms with van der Waals surface area (Å²) in [6, 6.07) is 1.90. The predicted molar refractivity (Wildman–Crippen MR) is 102 cm³/mol. The van der Waals surface area contributed by atoms with Crippen LogP contribution < -0.4 is 0 Å². The molecule has 0 bridgehead atoms. The van der Waals surface area contributed by atoms with Crippen LogP contribution >= 0.6 is 0 Å². The predicted octanol–water partition coefficient (Wildman–Crippen LogP) is 1.41. The van der Waals surface area contributed by atoms with Gasteiger partial charge in [-0.1, -0.05) is 0 Å². The van der Waals surface area contributed by atoms with Gasteiger partial charge in [-0.05, 0) is 32.8 Å². The lowest BCUT2D eigenvalue weighted by atomic mass is 9.97. The maximum atomic E-state index is 12.7. The van der Waals surface area contributed by atoms with E-state index in [4.69, 9.17) is 5.11 Å². The molecule has 150 valence electrons. The first-order chi connectivity index (χ1) is 13.3. The summed E-state index contributed by atoms with van der Waals surface area (Å²) in [6.07, 6.45) is 4.07. The highest BCUT2D eigenvalue weighted by Crippen LogP contribution is 2.19. The van der Waals surface area contributed by atoms with Crippen molar-refractivity contribution in [3.8, 4) is 0 Å². The van der Waals surface area contributed by atoms with E-state index in [1.165, 1.54) is 11.1 Å². The number of carboxylic acids is 1. The molecule has 0 saturated carbocycles. The molecule has 0 aromatic carbocycles. The number of piperidine rings is 1. The van der Waals surface area contributed by atoms with Gasteiger partial charge in [0.15, 0.2) is 5.65 Å². The summed E-state index contributed by atoms with van der Waals surface area (Å²) >= 11 is 0. The minimum atomic E-state index is -0.817. The average Bonchev–Trinajstić information content (AvgIpc) is 3.10. The van der Waals surface area contributed by atoms with E-state index in [0.717, 1.165) is 5.39 Å². The van der Waals surface area contributed by atoms with Gasteiger partial charge in [-0.15, -0.1) is 0 Å². The number of hydrogen-bond donors (Lipinski definition) is 1. The Labute approximate surface area is 162 Å². The third-order valence-electron chi connectivity index (χ3n) is 5.09. The van der Waals surface area contributed by atoms with Crippen molar-refractivity contribution in [2.75, 3.05) is 26.7 Å². The Morgan fingerprint density at radius 3 is 2.54 bits per heavy atom. The first kappa shape index (κ1) is 19.8. The van der Waals surface area contributed by atoms with Crippen LogP contribution in [0.3, 0.4) is 0 Å². The van der Waals surface area contributed by atoms with Gasteiger partial charge in [-0.25, -0.2) is 9.67 Å². The van der Waals surface area contributed by atoms with E-state index in [2.05, 4.69) is 10.1 Å². The molecule has 9 nitrogen and oxygen atoms in total. The molecule has 1 N–H and O–H groups in total. The van der Waals surface area contributed by atoms with Gasteiger partial charge in [0.25, 0.3) is 5.91 Å². The fourth-order valence-electron chi connectivity index (χ4n) is 3.41. The van der Waals surface area contributed by atoms with Crippen molar-refractivity contribution in [1.29, 1.82) is 0 Å². The first-order valence-corrected chi connectivity index (χ1v) is 9.37. The van der Waals surface area contributed by atoms with Gasteiger partial charge in [0.2, 0.25) is 5.91 Å². The van der Waals surface area contributed by atoms with Crippen molar-refractivity contribution < 1.29 is 19.5 Å². The molecule has 28 heavy (non-hydrogen) atoms. The highest BCUT2D eigenvalue weighted by Gasteiger charge is 2.28. The quantitative estimate of drug-likeness (QED) is 0.831. The van der Waals surface area contributed by atoms with Gasteiger partial charge in [0, 0.05) is 37.8 Å². The Morgan fingerprint density at radius 1 is 1.25 bits per heavy atom. The zero-order valence-electron chi connectivity index (χ0n) is 16.3. The Hall–Kier alpha value is -2.97. The molecule has 2 aromatic heterocycles. The number of amides is 2. The second-order valence-corrected chi connectivity index (χ2v) is 7.47. The molecule has 1 aliphatic rings. The SMILES string of the molecule is CC(C)n1ncc2cc(C(=O)N(C)CC(=O)N3CCC(C(=O)O)CC3)cnc21. The fourth-order valence-corrected chi connectivity index (χ4v) is 3.41. The second-order valence-electron chi connectivity index (χ2n) is 7.47. The van der Waals surface area contributed by atoms with Crippen LogP contribution in [0.15, 0.2) is 18.5 Å². The van der Waals surface area contributed by atoms with Crippen LogP contribution in [0, 0.1) is 5.92 Å². The number of aromatic nitrogens is 3. The van der Waals surface area contributed by atoms with E-state index < -0.39 is 11.9 Å². The zero-order chi connectivity index (χ0) is 20.4. The average molecular weight is 387 g/mol. The summed E-state index contributed by atoms with van der Waals surface area (Å²) < 4.78 is 1.79. The van der Waals surface area contributed by atoms with E-state index >= 15 is 0 Å². The summed E-state index contributed by atoms with van der Waals surface area (Å²) in [4.78, 5) is 43.5. The van der Waals surface area contributed by atoms with Gasteiger partial charge in [-0.3, -0.25) is 14.4 Å². The molecule has 0 spiro atoms. The summed E-state index contributed by atoms with van der Waals surface area (Å²) in [5.41, 5.74) is 1.11. The Morgan fingerprint density at radius 2 is 1.93 bits per heavy atom. The number of rotatable bonds is 5. The number of hydrogen-bond acceptors (Lipinski definition) is 5. The van der Waals surface area contributed by atoms with Crippen molar-refractivity contribution in [2.45, 2.75) is 32.7 Å². The van der Waals surface area contributed by atoms with Gasteiger partial charge in [0.1, 0.15) is 0 Å². The molecule has 0 radical (unpaired) electrons. The highest BCUT2D eigenvalue weighted by atomic mass is 16.4. The molecule has 3 rings (SSSR count). The molecular formula is C19H25N5O4. The Bertz CT molecular complexity index is 899. The van der Waals surface area contributed by atoms with Crippen LogP contribution in [-0.2, 0) is 9.59 Å². The van der Waals surface area contributed by atoms with E-state index in [0.29, 0.717) is 37.1 Å². The van der Waals surface area contributed by atoms with Crippen molar-refractivity contribution in [3.05, 3.63) is 24.0 Å². The van der Waals surface area contributed by atoms with Crippen LogP contribution in [0.1, 0.15) is 43.1 Å². The van der Waals surface area contributed by atoms with E-state index in [-0.39, 0.29) is 24.4 Å². The van der Waals surface area contributed by atoms with Crippen molar-refractivity contribution in [3.63, 3.8) is 0 Å². The monoisotopic (exact) mass is 387 g/mol. The number of carbonyl (C=O) groups is 3. The molecular weight excluding hydrogens is 362 g/mol. The highest BCUT2D eigenvalue weighted by molar-refractivity contribution is 5.98. The van der Waals surface area contributed by atoms with Crippen LogP contribution in [-0.4, -0.2) is 74.1 Å². The number of aliphatic carboxylic acids is 1. The summed E-state index contributed by atoms with van der Waals surface area (Å²) in [5, 5.41) is 14.1. The van der Waals surface area contributed by atoms with E-state index in [1.54, 1.807) is 28.9 Å². The van der Waals surface area contributed by atoms with Crippen molar-refractivity contribution in [1.82, 2.24) is 24.6 Å². The molecule has 0 atom stereocenters. The molecule has 2 amide bonds. The van der Waals surface area contributed by atoms with Crippen LogP contribution in [0.2, 0.25) is 0 Å². The van der Waals surface area contributed by atoms with Gasteiger partial charge in [0.05, 0.1) is 24.2 Å². The minimum Gasteiger partial charge on any atom is -0.481 e. The number of pyridine rings is 1. The molecule has 0 unspecified atom stereocenters.